The smallest absolute Gasteiger partial charge is 0.245 e. The summed E-state index contributed by atoms with van der Waals surface area (Å²) in [5.41, 5.74) is 0.477. The Morgan fingerprint density at radius 1 is 1.50 bits per heavy atom. The van der Waals surface area contributed by atoms with Crippen LogP contribution in [-0.4, -0.2) is 35.7 Å². The minimum Gasteiger partial charge on any atom is -0.394 e. The minimum atomic E-state index is -0.603. The largest absolute Gasteiger partial charge is 0.394 e. The number of aliphatic hydroxyl groups excluding tert-OH is 1. The molecule has 2 N–H and O–H groups in total. The Bertz CT molecular complexity index is 462. The van der Waals surface area contributed by atoms with Crippen LogP contribution in [0.5, 0.6) is 0 Å². The molecule has 1 aromatic rings. The monoisotopic (exact) mass is 268 g/mol. The van der Waals surface area contributed by atoms with E-state index in [1.165, 1.54) is 0 Å². The van der Waals surface area contributed by atoms with E-state index in [1.54, 1.807) is 6.07 Å². The molecule has 1 unspecified atom stereocenters. The second-order valence-corrected chi connectivity index (χ2v) is 5.46. The van der Waals surface area contributed by atoms with Crippen molar-refractivity contribution in [2.24, 2.45) is 0 Å². The van der Waals surface area contributed by atoms with Crippen LogP contribution in [0.25, 0.3) is 0 Å². The molecule has 1 aromatic carbocycles. The molecule has 2 rings (SSSR count). The summed E-state index contributed by atoms with van der Waals surface area (Å²) in [5.74, 6) is -0.170. The third-order valence-corrected chi connectivity index (χ3v) is 3.57. The third-order valence-electron chi connectivity index (χ3n) is 3.25. The highest BCUT2D eigenvalue weighted by Crippen LogP contribution is 2.34. The molecule has 1 atom stereocenters. The fraction of sp³-hybridized carbons (Fsp3) is 0.462. The predicted octanol–water partition coefficient (Wildman–Crippen LogP) is 1.42. The lowest BCUT2D eigenvalue weighted by molar-refractivity contribution is -0.125. The second-order valence-electron chi connectivity index (χ2n) is 5.05. The van der Waals surface area contributed by atoms with Gasteiger partial charge in [-0.25, -0.2) is 0 Å². The number of piperazine rings is 1. The van der Waals surface area contributed by atoms with E-state index in [9.17, 15) is 9.90 Å². The van der Waals surface area contributed by atoms with Gasteiger partial charge in [0, 0.05) is 6.54 Å². The number of para-hydroxylation sites is 1. The molecule has 1 saturated heterocycles. The number of benzene rings is 1. The lowest BCUT2D eigenvalue weighted by Crippen LogP contribution is -2.67. The number of carbonyl (C=O) groups excluding carboxylic acids is 1. The van der Waals surface area contributed by atoms with Gasteiger partial charge >= 0.3 is 0 Å². The minimum absolute atomic E-state index is 0.170. The first-order valence-corrected chi connectivity index (χ1v) is 6.27. The SMILES string of the molecule is CC1(C)CNC(=O)C(CO)N1c1ccccc1Cl. The van der Waals surface area contributed by atoms with Gasteiger partial charge in [0.25, 0.3) is 0 Å². The zero-order valence-electron chi connectivity index (χ0n) is 10.5. The molecule has 0 aliphatic carbocycles. The zero-order chi connectivity index (χ0) is 13.3. The van der Waals surface area contributed by atoms with Gasteiger partial charge in [-0.05, 0) is 26.0 Å². The highest BCUT2D eigenvalue weighted by atomic mass is 35.5. The van der Waals surface area contributed by atoms with E-state index in [4.69, 9.17) is 11.6 Å². The summed E-state index contributed by atoms with van der Waals surface area (Å²) in [5, 5.41) is 12.9. The van der Waals surface area contributed by atoms with Gasteiger partial charge in [0.2, 0.25) is 5.91 Å². The molecule has 0 radical (unpaired) electrons. The fourth-order valence-electron chi connectivity index (χ4n) is 2.35. The molecule has 0 aromatic heterocycles. The van der Waals surface area contributed by atoms with Crippen molar-refractivity contribution in [2.45, 2.75) is 25.4 Å². The normalized spacial score (nSPS) is 22.8. The van der Waals surface area contributed by atoms with E-state index < -0.39 is 6.04 Å². The Balaban J connectivity index is 2.48. The van der Waals surface area contributed by atoms with E-state index >= 15 is 0 Å². The maximum Gasteiger partial charge on any atom is 0.245 e. The Morgan fingerprint density at radius 3 is 2.78 bits per heavy atom. The van der Waals surface area contributed by atoms with Gasteiger partial charge in [-0.2, -0.15) is 0 Å². The molecule has 1 heterocycles. The average Bonchev–Trinajstić information content (AvgIpc) is 2.33. The number of hydrogen-bond donors (Lipinski definition) is 2. The van der Waals surface area contributed by atoms with E-state index in [1.807, 2.05) is 36.9 Å². The van der Waals surface area contributed by atoms with Crippen molar-refractivity contribution in [3.8, 4) is 0 Å². The van der Waals surface area contributed by atoms with Gasteiger partial charge in [-0.1, -0.05) is 23.7 Å². The van der Waals surface area contributed by atoms with E-state index in [0.717, 1.165) is 5.69 Å². The van der Waals surface area contributed by atoms with Gasteiger partial charge in [0.15, 0.2) is 0 Å². The van der Waals surface area contributed by atoms with Gasteiger partial charge in [0.05, 0.1) is 22.9 Å². The second kappa shape index (κ2) is 4.78. The van der Waals surface area contributed by atoms with Crippen molar-refractivity contribution in [3.05, 3.63) is 29.3 Å². The number of carbonyl (C=O) groups is 1. The number of nitrogens with zero attached hydrogens (tertiary/aromatic N) is 1. The molecule has 5 heteroatoms. The van der Waals surface area contributed by atoms with Crippen LogP contribution in [-0.2, 0) is 4.79 Å². The summed E-state index contributed by atoms with van der Waals surface area (Å²) < 4.78 is 0. The molecule has 0 saturated carbocycles. The summed E-state index contributed by atoms with van der Waals surface area (Å²) in [6.45, 7) is 4.31. The van der Waals surface area contributed by atoms with E-state index in [0.29, 0.717) is 11.6 Å². The van der Waals surface area contributed by atoms with Crippen LogP contribution in [0.3, 0.4) is 0 Å². The Kier molecular flexibility index (Phi) is 3.50. The molecule has 18 heavy (non-hydrogen) atoms. The van der Waals surface area contributed by atoms with Gasteiger partial charge < -0.3 is 15.3 Å². The molecule has 98 valence electrons. The molecule has 0 bridgehead atoms. The van der Waals surface area contributed by atoms with E-state index in [-0.39, 0.29) is 18.1 Å². The maximum atomic E-state index is 11.9. The topological polar surface area (TPSA) is 52.6 Å². The number of halogens is 1. The predicted molar refractivity (Wildman–Crippen MR) is 71.9 cm³/mol. The van der Waals surface area contributed by atoms with Crippen molar-refractivity contribution in [1.82, 2.24) is 5.32 Å². The van der Waals surface area contributed by atoms with Crippen LogP contribution in [0.2, 0.25) is 5.02 Å². The van der Waals surface area contributed by atoms with Crippen LogP contribution < -0.4 is 10.2 Å². The lowest BCUT2D eigenvalue weighted by atomic mass is 9.95. The molecular formula is C13H17ClN2O2. The molecule has 1 amide bonds. The van der Waals surface area contributed by atoms with Gasteiger partial charge in [-0.15, -0.1) is 0 Å². The van der Waals surface area contributed by atoms with Crippen LogP contribution in [0.4, 0.5) is 5.69 Å². The van der Waals surface area contributed by atoms with Crippen molar-refractivity contribution in [2.75, 3.05) is 18.1 Å². The average molecular weight is 269 g/mol. The summed E-state index contributed by atoms with van der Waals surface area (Å²) in [6, 6.07) is 6.77. The Hall–Kier alpha value is -1.26. The first-order chi connectivity index (χ1) is 8.47. The van der Waals surface area contributed by atoms with E-state index in [2.05, 4.69) is 5.32 Å². The fourth-order valence-corrected chi connectivity index (χ4v) is 2.58. The molecule has 1 aliphatic rings. The summed E-state index contributed by atoms with van der Waals surface area (Å²) >= 11 is 6.20. The zero-order valence-corrected chi connectivity index (χ0v) is 11.2. The third kappa shape index (κ3) is 2.18. The number of rotatable bonds is 2. The molecule has 1 fully saturated rings. The van der Waals surface area contributed by atoms with Crippen LogP contribution in [0.15, 0.2) is 24.3 Å². The quantitative estimate of drug-likeness (QED) is 0.853. The number of amides is 1. The summed E-state index contributed by atoms with van der Waals surface area (Å²) in [6.07, 6.45) is 0. The molecule has 0 spiro atoms. The van der Waals surface area contributed by atoms with Gasteiger partial charge in [-0.3, -0.25) is 4.79 Å². The highest BCUT2D eigenvalue weighted by Gasteiger charge is 2.41. The van der Waals surface area contributed by atoms with Crippen LogP contribution in [0.1, 0.15) is 13.8 Å². The van der Waals surface area contributed by atoms with Crippen LogP contribution in [0, 0.1) is 0 Å². The highest BCUT2D eigenvalue weighted by molar-refractivity contribution is 6.33. The Morgan fingerprint density at radius 2 is 2.17 bits per heavy atom. The van der Waals surface area contributed by atoms with Crippen molar-refractivity contribution < 1.29 is 9.90 Å². The molecular weight excluding hydrogens is 252 g/mol. The maximum absolute atomic E-state index is 11.9. The van der Waals surface area contributed by atoms with Gasteiger partial charge in [0.1, 0.15) is 6.04 Å². The van der Waals surface area contributed by atoms with Crippen molar-refractivity contribution in [1.29, 1.82) is 0 Å². The first-order valence-electron chi connectivity index (χ1n) is 5.90. The number of nitrogens with one attached hydrogen (secondary N) is 1. The summed E-state index contributed by atoms with van der Waals surface area (Å²) in [7, 11) is 0. The first kappa shape index (κ1) is 13.2. The number of aliphatic hydroxyl groups is 1. The van der Waals surface area contributed by atoms with Crippen LogP contribution >= 0.6 is 11.6 Å². The van der Waals surface area contributed by atoms with Crippen molar-refractivity contribution >= 4 is 23.2 Å². The Labute approximate surface area is 112 Å². The number of anilines is 1. The lowest BCUT2D eigenvalue weighted by Gasteiger charge is -2.48. The molecule has 1 aliphatic heterocycles. The standard InChI is InChI=1S/C13H17ClN2O2/c1-13(2)8-15-12(18)11(7-17)16(13)10-6-4-3-5-9(10)14/h3-6,11,17H,7-8H2,1-2H3,(H,15,18). The molecule has 4 nitrogen and oxygen atoms in total. The number of hydrogen-bond acceptors (Lipinski definition) is 3. The summed E-state index contributed by atoms with van der Waals surface area (Å²) in [4.78, 5) is 13.7. The van der Waals surface area contributed by atoms with Crippen molar-refractivity contribution in [3.63, 3.8) is 0 Å².